The SMILES string of the molecule is O=C(CN1CCC(c2ccn[nH]2)CC1)NC1CCCc2ccccc21. The molecule has 4 rings (SSSR count). The summed E-state index contributed by atoms with van der Waals surface area (Å²) in [6.45, 7) is 2.45. The van der Waals surface area contributed by atoms with E-state index in [9.17, 15) is 4.79 Å². The number of carbonyl (C=O) groups excluding carboxylic acids is 1. The van der Waals surface area contributed by atoms with E-state index in [1.807, 2.05) is 6.20 Å². The van der Waals surface area contributed by atoms with Crippen molar-refractivity contribution in [3.05, 3.63) is 53.3 Å². The molecule has 132 valence electrons. The zero-order valence-electron chi connectivity index (χ0n) is 14.6. The van der Waals surface area contributed by atoms with E-state index in [-0.39, 0.29) is 11.9 Å². The lowest BCUT2D eigenvalue weighted by molar-refractivity contribution is -0.123. The quantitative estimate of drug-likeness (QED) is 0.901. The molecule has 1 unspecified atom stereocenters. The van der Waals surface area contributed by atoms with Crippen LogP contribution in [0.15, 0.2) is 36.5 Å². The fraction of sp³-hybridized carbons (Fsp3) is 0.500. The van der Waals surface area contributed by atoms with Crippen LogP contribution < -0.4 is 5.32 Å². The van der Waals surface area contributed by atoms with Crippen LogP contribution in [0.1, 0.15) is 54.5 Å². The first-order chi connectivity index (χ1) is 12.3. The Hall–Kier alpha value is -2.14. The van der Waals surface area contributed by atoms with E-state index in [4.69, 9.17) is 0 Å². The first-order valence-corrected chi connectivity index (χ1v) is 9.38. The third-order valence-electron chi connectivity index (χ3n) is 5.62. The van der Waals surface area contributed by atoms with Gasteiger partial charge in [0, 0.05) is 17.8 Å². The number of aromatic amines is 1. The molecule has 1 aliphatic heterocycles. The van der Waals surface area contributed by atoms with Gasteiger partial charge in [-0.3, -0.25) is 14.8 Å². The van der Waals surface area contributed by atoms with Crippen molar-refractivity contribution in [2.24, 2.45) is 0 Å². The molecule has 1 aliphatic carbocycles. The number of piperidine rings is 1. The van der Waals surface area contributed by atoms with Crippen LogP contribution in [-0.4, -0.2) is 40.6 Å². The second-order valence-corrected chi connectivity index (χ2v) is 7.27. The summed E-state index contributed by atoms with van der Waals surface area (Å²) in [6, 6.07) is 10.8. The summed E-state index contributed by atoms with van der Waals surface area (Å²) >= 11 is 0. The molecule has 0 bridgehead atoms. The number of rotatable bonds is 4. The lowest BCUT2D eigenvalue weighted by Crippen LogP contribution is -2.42. The second-order valence-electron chi connectivity index (χ2n) is 7.27. The van der Waals surface area contributed by atoms with Gasteiger partial charge in [0.1, 0.15) is 0 Å². The Balaban J connectivity index is 1.29. The molecule has 5 nitrogen and oxygen atoms in total. The highest BCUT2D eigenvalue weighted by atomic mass is 16.2. The van der Waals surface area contributed by atoms with Gasteiger partial charge in [-0.05, 0) is 62.4 Å². The van der Waals surface area contributed by atoms with Crippen LogP contribution >= 0.6 is 0 Å². The second kappa shape index (κ2) is 7.40. The van der Waals surface area contributed by atoms with Crippen molar-refractivity contribution in [1.82, 2.24) is 20.4 Å². The standard InChI is InChI=1S/C20H26N4O/c25-20(22-19-7-3-5-15-4-1-2-6-17(15)19)14-24-12-9-16(10-13-24)18-8-11-21-23-18/h1-2,4,6,8,11,16,19H,3,5,7,9-10,12-14H2,(H,21,23)(H,22,25). The molecule has 2 aliphatic rings. The number of nitrogens with zero attached hydrogens (tertiary/aromatic N) is 2. The third-order valence-corrected chi connectivity index (χ3v) is 5.62. The molecule has 1 aromatic heterocycles. The van der Waals surface area contributed by atoms with Crippen LogP contribution in [0.4, 0.5) is 0 Å². The molecule has 25 heavy (non-hydrogen) atoms. The molecule has 1 fully saturated rings. The summed E-state index contributed by atoms with van der Waals surface area (Å²) in [5.74, 6) is 0.703. The summed E-state index contributed by atoms with van der Waals surface area (Å²) in [6.07, 6.45) is 7.31. The average molecular weight is 338 g/mol. The van der Waals surface area contributed by atoms with E-state index in [2.05, 4.69) is 50.7 Å². The summed E-state index contributed by atoms with van der Waals surface area (Å²) in [7, 11) is 0. The zero-order chi connectivity index (χ0) is 17.1. The van der Waals surface area contributed by atoms with E-state index < -0.39 is 0 Å². The number of hydrogen-bond donors (Lipinski definition) is 2. The van der Waals surface area contributed by atoms with Gasteiger partial charge in [0.2, 0.25) is 5.91 Å². The molecule has 2 N–H and O–H groups in total. The molecule has 5 heteroatoms. The molecule has 1 atom stereocenters. The Morgan fingerprint density at radius 2 is 2.04 bits per heavy atom. The van der Waals surface area contributed by atoms with E-state index in [1.165, 1.54) is 16.8 Å². The first-order valence-electron chi connectivity index (χ1n) is 9.38. The summed E-state index contributed by atoms with van der Waals surface area (Å²) in [5.41, 5.74) is 3.92. The Morgan fingerprint density at radius 3 is 2.84 bits per heavy atom. The van der Waals surface area contributed by atoms with Gasteiger partial charge >= 0.3 is 0 Å². The number of fused-ring (bicyclic) bond motifs is 1. The topological polar surface area (TPSA) is 61.0 Å². The van der Waals surface area contributed by atoms with Crippen molar-refractivity contribution in [2.45, 2.75) is 44.1 Å². The maximum absolute atomic E-state index is 12.5. The van der Waals surface area contributed by atoms with Gasteiger partial charge in [-0.15, -0.1) is 0 Å². The van der Waals surface area contributed by atoms with Gasteiger partial charge < -0.3 is 5.32 Å². The van der Waals surface area contributed by atoms with Crippen molar-refractivity contribution < 1.29 is 4.79 Å². The van der Waals surface area contributed by atoms with Gasteiger partial charge in [-0.1, -0.05) is 24.3 Å². The number of nitrogens with one attached hydrogen (secondary N) is 2. The Kier molecular flexibility index (Phi) is 4.83. The summed E-state index contributed by atoms with van der Waals surface area (Å²) in [4.78, 5) is 14.8. The molecule has 1 saturated heterocycles. The number of amides is 1. The number of aromatic nitrogens is 2. The van der Waals surface area contributed by atoms with Gasteiger partial charge in [0.25, 0.3) is 0 Å². The first kappa shape index (κ1) is 16.3. The summed E-state index contributed by atoms with van der Waals surface area (Å²) in [5, 5.41) is 10.4. The molecule has 0 spiro atoms. The monoisotopic (exact) mass is 338 g/mol. The fourth-order valence-corrected chi connectivity index (χ4v) is 4.24. The van der Waals surface area contributed by atoms with Crippen LogP contribution in [-0.2, 0) is 11.2 Å². The molecule has 2 aromatic rings. The minimum atomic E-state index is 0.154. The van der Waals surface area contributed by atoms with Crippen LogP contribution in [0.3, 0.4) is 0 Å². The van der Waals surface area contributed by atoms with Crippen LogP contribution in [0.25, 0.3) is 0 Å². The predicted octanol–water partition coefficient (Wildman–Crippen LogP) is 2.78. The minimum absolute atomic E-state index is 0.154. The molecule has 1 aromatic carbocycles. The molecule has 0 radical (unpaired) electrons. The highest BCUT2D eigenvalue weighted by Crippen LogP contribution is 2.29. The van der Waals surface area contributed by atoms with Crippen LogP contribution in [0.5, 0.6) is 0 Å². The maximum atomic E-state index is 12.5. The number of aryl methyl sites for hydroxylation is 1. The molecule has 1 amide bonds. The van der Waals surface area contributed by atoms with Crippen molar-refractivity contribution in [2.75, 3.05) is 19.6 Å². The van der Waals surface area contributed by atoms with Crippen molar-refractivity contribution >= 4 is 5.91 Å². The van der Waals surface area contributed by atoms with Crippen molar-refractivity contribution in [3.63, 3.8) is 0 Å². The maximum Gasteiger partial charge on any atom is 0.234 e. The van der Waals surface area contributed by atoms with Gasteiger partial charge in [0.15, 0.2) is 0 Å². The van der Waals surface area contributed by atoms with Gasteiger partial charge in [-0.25, -0.2) is 0 Å². The molecular weight excluding hydrogens is 312 g/mol. The van der Waals surface area contributed by atoms with E-state index in [1.54, 1.807) is 0 Å². The highest BCUT2D eigenvalue weighted by molar-refractivity contribution is 5.78. The van der Waals surface area contributed by atoms with Gasteiger partial charge in [0.05, 0.1) is 12.6 Å². The lowest BCUT2D eigenvalue weighted by atomic mass is 9.88. The van der Waals surface area contributed by atoms with E-state index >= 15 is 0 Å². The highest BCUT2D eigenvalue weighted by Gasteiger charge is 2.25. The van der Waals surface area contributed by atoms with E-state index in [0.717, 1.165) is 45.2 Å². The predicted molar refractivity (Wildman–Crippen MR) is 97.3 cm³/mol. The molecular formula is C20H26N4O. The number of benzene rings is 1. The third kappa shape index (κ3) is 3.76. The lowest BCUT2D eigenvalue weighted by Gasteiger charge is -2.32. The van der Waals surface area contributed by atoms with Crippen LogP contribution in [0, 0.1) is 0 Å². The molecule has 0 saturated carbocycles. The minimum Gasteiger partial charge on any atom is -0.348 e. The normalized spacial score (nSPS) is 21.7. The Labute approximate surface area is 148 Å². The molecule has 2 heterocycles. The zero-order valence-corrected chi connectivity index (χ0v) is 14.6. The largest absolute Gasteiger partial charge is 0.348 e. The number of carbonyl (C=O) groups is 1. The van der Waals surface area contributed by atoms with Crippen LogP contribution in [0.2, 0.25) is 0 Å². The van der Waals surface area contributed by atoms with E-state index in [0.29, 0.717) is 12.5 Å². The number of hydrogen-bond acceptors (Lipinski definition) is 3. The summed E-state index contributed by atoms with van der Waals surface area (Å²) < 4.78 is 0. The Bertz CT molecular complexity index is 704. The number of likely N-dealkylation sites (tertiary alicyclic amines) is 1. The average Bonchev–Trinajstić information content (AvgIpc) is 3.17. The smallest absolute Gasteiger partial charge is 0.234 e. The van der Waals surface area contributed by atoms with Gasteiger partial charge in [-0.2, -0.15) is 5.10 Å². The Morgan fingerprint density at radius 1 is 1.20 bits per heavy atom. The van der Waals surface area contributed by atoms with Crippen molar-refractivity contribution in [3.8, 4) is 0 Å². The fourth-order valence-electron chi connectivity index (χ4n) is 4.24. The number of H-pyrrole nitrogens is 1. The van der Waals surface area contributed by atoms with Crippen molar-refractivity contribution in [1.29, 1.82) is 0 Å².